The monoisotopic (exact) mass is 1730 g/mol. The summed E-state index contributed by atoms with van der Waals surface area (Å²) in [6.45, 7) is 32.0. The lowest BCUT2D eigenvalue weighted by Gasteiger charge is -2.61. The smallest absolute Gasteiger partial charge is 0.399 e. The van der Waals surface area contributed by atoms with Crippen LogP contribution in [0.25, 0.3) is 89.7 Å². The quantitative estimate of drug-likeness (QED) is 0.157. The van der Waals surface area contributed by atoms with Gasteiger partial charge in [0, 0.05) is 24.8 Å². The third-order valence-electron chi connectivity index (χ3n) is 32.1. The molecule has 14 aromatic rings. The van der Waals surface area contributed by atoms with Crippen molar-refractivity contribution in [2.24, 2.45) is 0 Å². The van der Waals surface area contributed by atoms with Crippen LogP contribution in [0.1, 0.15) is 22.3 Å². The molecule has 11 aliphatic rings. The Morgan fingerprint density at radius 3 is 0.902 bits per heavy atom. The van der Waals surface area contributed by atoms with Crippen molar-refractivity contribution in [1.29, 1.82) is 0 Å². The third kappa shape index (κ3) is 12.6. The standard InChI is InChI=1S/C30H31B3N6.3C18H25B5N8/c1-20-12-9-13-21(2)27(20)31-36(5)32(28-22(3)14-10-15-23(28)4)39-29-24(16-11-19-34-29)30-35-25-17-7-8-18-26(25)38(30)33(39)37(31)6;1-19-26(4)21(3)31-22(27(19)5)28(6)20(2)30-17-14(10-9-13-24-17)18-25-15-11-7-8-12-16(15)29(18)23(30)31;1-19-26(4)20(2)31-21(3)28(6)22-29-16-12-8-7-11-15(16)25-18(29)14-10-9-13-24-17(14)30(22)23(31)27(19)5;1-19-26(4)20(2)31-21(3)30-17-14(10-9-13-24-17)18-25-15-11-7-8-12-16(15)29(18)23(30)28(6)22(31)27(19)5/h7-19H,1-6H3;3*7-13H,1-6H3. The Labute approximate surface area is 783 Å². The minimum Gasteiger partial charge on any atom is -0.399 e. The lowest BCUT2D eigenvalue weighted by atomic mass is 9.37. The van der Waals surface area contributed by atoms with Crippen LogP contribution in [-0.2, 0) is 0 Å². The summed E-state index contributed by atoms with van der Waals surface area (Å²) in [6.07, 6.45) is 7.60. The summed E-state index contributed by atoms with van der Waals surface area (Å²) in [7, 11) is 24.8. The number of benzene rings is 6. The van der Waals surface area contributed by atoms with Gasteiger partial charge in [0.1, 0.15) is 46.6 Å². The largest absolute Gasteiger partial charge is 0.456 e. The van der Waals surface area contributed by atoms with E-state index < -0.39 is 0 Å². The van der Waals surface area contributed by atoms with Gasteiger partial charge in [-0.25, -0.2) is 39.9 Å². The van der Waals surface area contributed by atoms with Crippen molar-refractivity contribution in [3.05, 3.63) is 229 Å². The lowest BCUT2D eigenvalue weighted by Crippen LogP contribution is -2.90. The average molecular weight is 1730 g/mol. The van der Waals surface area contributed by atoms with Crippen LogP contribution in [0, 0.1) is 27.7 Å². The number of rotatable bonds is 2. The molecule has 11 aliphatic heterocycles. The minimum absolute atomic E-state index is 0.00805. The van der Waals surface area contributed by atoms with Gasteiger partial charge in [0.05, 0.1) is 66.4 Å². The van der Waals surface area contributed by atoms with E-state index >= 15 is 0 Å². The van der Waals surface area contributed by atoms with Gasteiger partial charge in [0.25, 0.3) is 48.9 Å². The number of para-hydroxylation sites is 8. The van der Waals surface area contributed by atoms with Gasteiger partial charge in [-0.1, -0.05) is 169 Å². The van der Waals surface area contributed by atoms with Crippen molar-refractivity contribution in [3.8, 4) is 45.6 Å². The molecule has 8 aromatic heterocycles. The molecule has 0 bridgehead atoms. The summed E-state index contributed by atoms with van der Waals surface area (Å²) >= 11 is 0. The molecule has 0 N–H and O–H groups in total. The van der Waals surface area contributed by atoms with E-state index in [0.717, 1.165) is 113 Å². The second-order valence-electron chi connectivity index (χ2n) is 38.4. The summed E-state index contributed by atoms with van der Waals surface area (Å²) < 4.78 is 54.4. The Hall–Kier alpha value is -10.4. The second kappa shape index (κ2) is 32.7. The Morgan fingerprint density at radius 1 is 0.212 bits per heavy atom. The zero-order chi connectivity index (χ0) is 91.8. The van der Waals surface area contributed by atoms with E-state index in [4.69, 9.17) is 39.9 Å². The number of imidazole rings is 4. The fourth-order valence-corrected chi connectivity index (χ4v) is 24.4. The molecule has 0 aliphatic carbocycles. The minimum atomic E-state index is -0.126. The lowest BCUT2D eigenvalue weighted by molar-refractivity contribution is 0.512. The molecule has 132 heavy (non-hydrogen) atoms. The molecule has 0 atom stereocenters. The van der Waals surface area contributed by atoms with Crippen LogP contribution in [-0.4, -0.2) is 328 Å². The van der Waals surface area contributed by atoms with Crippen LogP contribution in [0.2, 0.25) is 61.4 Å². The summed E-state index contributed by atoms with van der Waals surface area (Å²) in [4.78, 5) is 40.0. The molecule has 48 heteroatoms. The van der Waals surface area contributed by atoms with Crippen molar-refractivity contribution in [2.45, 2.75) is 89.1 Å². The van der Waals surface area contributed by atoms with Gasteiger partial charge in [-0.3, -0.25) is 0 Å². The van der Waals surface area contributed by atoms with Gasteiger partial charge >= 0.3 is 77.8 Å². The summed E-state index contributed by atoms with van der Waals surface area (Å²) in [5.74, 6) is 7.93. The molecule has 0 spiro atoms. The molecule has 30 nitrogen and oxygen atoms in total. The fourth-order valence-electron chi connectivity index (χ4n) is 24.4. The first kappa shape index (κ1) is 87.0. The molecule has 0 saturated carbocycles. The Kier molecular flexibility index (Phi) is 21.6. The Bertz CT molecular complexity index is 6700. The Morgan fingerprint density at radius 2 is 0.500 bits per heavy atom. The van der Waals surface area contributed by atoms with E-state index in [1.807, 2.05) is 49.1 Å². The highest BCUT2D eigenvalue weighted by Crippen LogP contribution is 2.48. The fraction of sp³-hybridized carbons (Fsp3) is 0.286. The first-order chi connectivity index (χ1) is 63.6. The topological polar surface area (TPSA) is 181 Å². The zero-order valence-corrected chi connectivity index (χ0v) is 80.4. The number of fused-ring (bicyclic) bond motifs is 37. The van der Waals surface area contributed by atoms with Crippen LogP contribution in [0.15, 0.2) is 207 Å². The molecule has 0 radical (unpaired) electrons. The molecule has 7 saturated heterocycles. The van der Waals surface area contributed by atoms with Crippen LogP contribution in [0.4, 0.5) is 23.3 Å². The highest BCUT2D eigenvalue weighted by Gasteiger charge is 2.67. The summed E-state index contributed by atoms with van der Waals surface area (Å²) in [6, 6.07) is 63.8. The number of anilines is 4. The molecule has 0 unspecified atom stereocenters. The van der Waals surface area contributed by atoms with Crippen LogP contribution in [0.3, 0.4) is 0 Å². The highest BCUT2D eigenvalue weighted by molar-refractivity contribution is 7.06. The van der Waals surface area contributed by atoms with Gasteiger partial charge in [-0.05, 0) is 213 Å². The van der Waals surface area contributed by atoms with E-state index in [1.165, 1.54) is 33.2 Å². The second-order valence-corrected chi connectivity index (χ2v) is 38.4. The number of hydrogen-bond acceptors (Lipinski definition) is 26. The van der Waals surface area contributed by atoms with Crippen LogP contribution >= 0.6 is 0 Å². The first-order valence-corrected chi connectivity index (χ1v) is 46.8. The van der Waals surface area contributed by atoms with Gasteiger partial charge in [0.15, 0.2) is 0 Å². The molecular formula is C84H106B18N30. The van der Waals surface area contributed by atoms with E-state index in [2.05, 4.69) is 427 Å². The van der Waals surface area contributed by atoms with Crippen molar-refractivity contribution in [2.75, 3.05) is 96.4 Å². The number of aromatic nitrogens is 12. The maximum atomic E-state index is 5.16. The molecule has 6 aromatic carbocycles. The normalized spacial score (nSPS) is 18.9. The van der Waals surface area contributed by atoms with Crippen molar-refractivity contribution in [3.63, 3.8) is 0 Å². The van der Waals surface area contributed by atoms with Crippen LogP contribution in [0.5, 0.6) is 0 Å². The number of aryl methyl sites for hydroxylation is 4. The van der Waals surface area contributed by atoms with E-state index in [0.29, 0.717) is 34.9 Å². The van der Waals surface area contributed by atoms with Crippen molar-refractivity contribution in [1.82, 2.24) is 124 Å². The predicted octanol–water partition coefficient (Wildman–Crippen LogP) is 7.30. The Balaban J connectivity index is 0.000000103. The molecule has 646 valence electrons. The van der Waals surface area contributed by atoms with E-state index in [-0.39, 0.29) is 91.7 Å². The van der Waals surface area contributed by atoms with Crippen LogP contribution < -0.4 is 29.8 Å². The van der Waals surface area contributed by atoms with Crippen molar-refractivity contribution < 1.29 is 0 Å². The SMILES string of the molecule is CB1N(C)B(C)N2B(C)N(C)B3N(B2N1C)c1ncccc1-c1nc2ccccc2n13.CB1N(C)B(C)N2B(N1C)N(C)B(C)N1B2n2c(nc3ccccc32)-c2cccnc21.CB1N(C)B(C)N2B(N1C)N(C)B1N(B2C)c2ncccc2-c2nc3ccccc3n21.Cc1cccc(C)c1B1N(C)B(c2c(C)cccc2C)N2B(N1C)n1c(nc3ccccc31)-c1cccnc12. The molecular weight excluding hydrogens is 1620 g/mol. The number of pyridine rings is 4. The third-order valence-corrected chi connectivity index (χ3v) is 32.1. The molecule has 25 rings (SSSR count). The molecule has 7 fully saturated rings. The van der Waals surface area contributed by atoms with E-state index in [1.54, 1.807) is 0 Å². The molecule has 0 amide bonds. The molecule has 19 heterocycles. The summed E-state index contributed by atoms with van der Waals surface area (Å²) in [5.41, 5.74) is 20.9. The number of hydrogen-bond donors (Lipinski definition) is 0. The maximum Gasteiger partial charge on any atom is 0.456 e. The highest BCUT2D eigenvalue weighted by atomic mass is 15.5. The van der Waals surface area contributed by atoms with E-state index in [9.17, 15) is 0 Å². The number of nitrogens with zero attached hydrogens (tertiary/aromatic N) is 30. The zero-order valence-electron chi connectivity index (χ0n) is 80.4. The predicted molar refractivity (Wildman–Crippen MR) is 562 cm³/mol. The summed E-state index contributed by atoms with van der Waals surface area (Å²) in [5, 5.41) is 0. The van der Waals surface area contributed by atoms with Gasteiger partial charge in [-0.2, -0.15) is 0 Å². The first-order valence-electron chi connectivity index (χ1n) is 46.8. The van der Waals surface area contributed by atoms with Gasteiger partial charge in [0.2, 0.25) is 0 Å². The van der Waals surface area contributed by atoms with Gasteiger partial charge < -0.3 is 103 Å². The maximum absolute atomic E-state index is 5.16. The van der Waals surface area contributed by atoms with Crippen molar-refractivity contribution >= 4 is 205 Å². The average Bonchev–Trinajstić information content (AvgIpc) is 1.32. The van der Waals surface area contributed by atoms with Gasteiger partial charge in [-0.15, -0.1) is 0 Å².